The molecule has 0 saturated heterocycles. The van der Waals surface area contributed by atoms with Crippen molar-refractivity contribution in [2.45, 2.75) is 19.0 Å². The Morgan fingerprint density at radius 2 is 1.86 bits per heavy atom. The highest BCUT2D eigenvalue weighted by atomic mass is 32.1. The van der Waals surface area contributed by atoms with Gasteiger partial charge in [0.1, 0.15) is 0 Å². The number of carbonyl (C=O) groups is 2. The highest BCUT2D eigenvalue weighted by Crippen LogP contribution is 2.30. The topological polar surface area (TPSA) is 46.2 Å². The average molecular weight is 327 g/mol. The molecule has 2 aromatic rings. The van der Waals surface area contributed by atoms with E-state index in [0.29, 0.717) is 4.88 Å². The molecule has 22 heavy (non-hydrogen) atoms. The predicted octanol–water partition coefficient (Wildman–Crippen LogP) is 4.37. The molecule has 1 aromatic heterocycles. The number of anilines is 1. The molecule has 0 atom stereocenters. The molecule has 0 bridgehead atoms. The third kappa shape index (κ3) is 4.42. The number of hydrogen-bond donors (Lipinski definition) is 1. The van der Waals surface area contributed by atoms with Crippen molar-refractivity contribution in [3.05, 3.63) is 52.2 Å². The number of ketones is 1. The van der Waals surface area contributed by atoms with Gasteiger partial charge >= 0.3 is 6.18 Å². The van der Waals surface area contributed by atoms with Crippen LogP contribution in [-0.2, 0) is 11.0 Å². The van der Waals surface area contributed by atoms with Crippen molar-refractivity contribution in [1.82, 2.24) is 0 Å². The molecule has 0 radical (unpaired) electrons. The normalized spacial score (nSPS) is 11.2. The zero-order valence-corrected chi connectivity index (χ0v) is 12.1. The van der Waals surface area contributed by atoms with Crippen LogP contribution in [0.3, 0.4) is 0 Å². The molecule has 2 rings (SSSR count). The Balaban J connectivity index is 1.91. The highest BCUT2D eigenvalue weighted by Gasteiger charge is 2.30. The van der Waals surface area contributed by atoms with E-state index in [0.717, 1.165) is 12.1 Å². The minimum atomic E-state index is -4.46. The fourth-order valence-corrected chi connectivity index (χ4v) is 2.48. The van der Waals surface area contributed by atoms with Gasteiger partial charge in [0.2, 0.25) is 5.91 Å². The van der Waals surface area contributed by atoms with Gasteiger partial charge in [0.15, 0.2) is 5.78 Å². The van der Waals surface area contributed by atoms with Crippen LogP contribution in [0, 0.1) is 0 Å². The molecule has 3 nitrogen and oxygen atoms in total. The predicted molar refractivity (Wildman–Crippen MR) is 78.0 cm³/mol. The monoisotopic (exact) mass is 327 g/mol. The first-order valence-corrected chi connectivity index (χ1v) is 7.28. The molecular formula is C15H12F3NO2S. The van der Waals surface area contributed by atoms with Gasteiger partial charge in [-0.05, 0) is 29.6 Å². The lowest BCUT2D eigenvalue weighted by molar-refractivity contribution is -0.137. The Morgan fingerprint density at radius 3 is 2.50 bits per heavy atom. The quantitative estimate of drug-likeness (QED) is 0.829. The second kappa shape index (κ2) is 6.74. The molecule has 0 aliphatic rings. The fourth-order valence-electron chi connectivity index (χ4n) is 1.78. The highest BCUT2D eigenvalue weighted by molar-refractivity contribution is 7.12. The first-order chi connectivity index (χ1) is 10.4. The van der Waals surface area contributed by atoms with Crippen molar-refractivity contribution < 1.29 is 22.8 Å². The Kier molecular flexibility index (Phi) is 4.97. The van der Waals surface area contributed by atoms with Crippen LogP contribution in [0.15, 0.2) is 41.8 Å². The van der Waals surface area contributed by atoms with Gasteiger partial charge in [0, 0.05) is 18.5 Å². The molecule has 0 unspecified atom stereocenters. The minimum Gasteiger partial charge on any atom is -0.326 e. The molecule has 116 valence electrons. The summed E-state index contributed by atoms with van der Waals surface area (Å²) in [5, 5.41) is 4.13. The SMILES string of the molecule is O=C(CCC(=O)c1cccs1)Nc1cccc(C(F)(F)F)c1. The van der Waals surface area contributed by atoms with E-state index >= 15 is 0 Å². The van der Waals surface area contributed by atoms with E-state index < -0.39 is 17.6 Å². The molecule has 1 heterocycles. The third-order valence-electron chi connectivity index (χ3n) is 2.85. The largest absolute Gasteiger partial charge is 0.416 e. The number of rotatable bonds is 5. The molecular weight excluding hydrogens is 315 g/mol. The van der Waals surface area contributed by atoms with Crippen LogP contribution in [0.5, 0.6) is 0 Å². The van der Waals surface area contributed by atoms with Crippen LogP contribution in [0.25, 0.3) is 0 Å². The molecule has 0 aliphatic heterocycles. The number of thiophene rings is 1. The Hall–Kier alpha value is -2.15. The first kappa shape index (κ1) is 16.2. The van der Waals surface area contributed by atoms with Crippen molar-refractivity contribution >= 4 is 28.7 Å². The molecule has 0 aliphatic carbocycles. The Labute approximate surface area is 128 Å². The first-order valence-electron chi connectivity index (χ1n) is 6.40. The van der Waals surface area contributed by atoms with Crippen molar-refractivity contribution in [2.24, 2.45) is 0 Å². The maximum atomic E-state index is 12.6. The summed E-state index contributed by atoms with van der Waals surface area (Å²) in [5.74, 6) is -0.654. The standard InChI is InChI=1S/C15H12F3NO2S/c16-15(17,18)10-3-1-4-11(9-10)19-14(21)7-6-12(20)13-5-2-8-22-13/h1-5,8-9H,6-7H2,(H,19,21). The summed E-state index contributed by atoms with van der Waals surface area (Å²) in [6.45, 7) is 0. The Morgan fingerprint density at radius 1 is 1.09 bits per heavy atom. The van der Waals surface area contributed by atoms with Gasteiger partial charge < -0.3 is 5.32 Å². The van der Waals surface area contributed by atoms with E-state index in [2.05, 4.69) is 5.32 Å². The van der Waals surface area contributed by atoms with Crippen molar-refractivity contribution in [1.29, 1.82) is 0 Å². The fraction of sp³-hybridized carbons (Fsp3) is 0.200. The maximum absolute atomic E-state index is 12.6. The third-order valence-corrected chi connectivity index (χ3v) is 3.76. The number of halogens is 3. The van der Waals surface area contributed by atoms with Crippen molar-refractivity contribution in [2.75, 3.05) is 5.32 Å². The summed E-state index contributed by atoms with van der Waals surface area (Å²) in [4.78, 5) is 24.0. The van der Waals surface area contributed by atoms with Gasteiger partial charge in [-0.3, -0.25) is 9.59 Å². The van der Waals surface area contributed by atoms with Gasteiger partial charge in [-0.1, -0.05) is 12.1 Å². The summed E-state index contributed by atoms with van der Waals surface area (Å²) < 4.78 is 37.7. The van der Waals surface area contributed by atoms with E-state index in [1.165, 1.54) is 23.5 Å². The molecule has 7 heteroatoms. The number of Topliss-reactive ketones (excluding diaryl/α,β-unsaturated/α-hetero) is 1. The van der Waals surface area contributed by atoms with Crippen LogP contribution in [-0.4, -0.2) is 11.7 Å². The number of alkyl halides is 3. The van der Waals surface area contributed by atoms with E-state index in [9.17, 15) is 22.8 Å². The Bertz CT molecular complexity index is 666. The van der Waals surface area contributed by atoms with E-state index in [4.69, 9.17) is 0 Å². The number of benzene rings is 1. The zero-order valence-electron chi connectivity index (χ0n) is 11.3. The average Bonchev–Trinajstić information content (AvgIpc) is 2.98. The molecule has 1 aromatic carbocycles. The van der Waals surface area contributed by atoms with E-state index in [1.807, 2.05) is 0 Å². The smallest absolute Gasteiger partial charge is 0.326 e. The number of hydrogen-bond acceptors (Lipinski definition) is 3. The van der Waals surface area contributed by atoms with Crippen LogP contribution in [0.4, 0.5) is 18.9 Å². The van der Waals surface area contributed by atoms with Crippen LogP contribution in [0.1, 0.15) is 28.1 Å². The van der Waals surface area contributed by atoms with Gasteiger partial charge in [-0.25, -0.2) is 0 Å². The second-order valence-electron chi connectivity index (χ2n) is 4.53. The lowest BCUT2D eigenvalue weighted by Gasteiger charge is -2.09. The lowest BCUT2D eigenvalue weighted by atomic mass is 10.1. The number of nitrogens with one attached hydrogen (secondary N) is 1. The van der Waals surface area contributed by atoms with Crippen LogP contribution < -0.4 is 5.32 Å². The molecule has 1 N–H and O–H groups in total. The molecule has 0 fully saturated rings. The second-order valence-corrected chi connectivity index (χ2v) is 5.47. The summed E-state index contributed by atoms with van der Waals surface area (Å²) in [6.07, 6.45) is -4.52. The summed E-state index contributed by atoms with van der Waals surface area (Å²) in [7, 11) is 0. The minimum absolute atomic E-state index is 0.0192. The van der Waals surface area contributed by atoms with Crippen LogP contribution >= 0.6 is 11.3 Å². The van der Waals surface area contributed by atoms with E-state index in [1.54, 1.807) is 17.5 Å². The summed E-state index contributed by atoms with van der Waals surface area (Å²) in [5.41, 5.74) is -0.775. The molecule has 1 amide bonds. The number of amides is 1. The van der Waals surface area contributed by atoms with Gasteiger partial charge in [0.25, 0.3) is 0 Å². The lowest BCUT2D eigenvalue weighted by Crippen LogP contribution is -2.14. The van der Waals surface area contributed by atoms with Crippen molar-refractivity contribution in [3.63, 3.8) is 0 Å². The molecule has 0 spiro atoms. The zero-order chi connectivity index (χ0) is 16.2. The van der Waals surface area contributed by atoms with E-state index in [-0.39, 0.29) is 24.3 Å². The van der Waals surface area contributed by atoms with Gasteiger partial charge in [0.05, 0.1) is 10.4 Å². The maximum Gasteiger partial charge on any atom is 0.416 e. The van der Waals surface area contributed by atoms with Gasteiger partial charge in [-0.15, -0.1) is 11.3 Å². The van der Waals surface area contributed by atoms with Crippen LogP contribution in [0.2, 0.25) is 0 Å². The number of carbonyl (C=O) groups excluding carboxylic acids is 2. The molecule has 0 saturated carbocycles. The van der Waals surface area contributed by atoms with Gasteiger partial charge in [-0.2, -0.15) is 13.2 Å². The summed E-state index contributed by atoms with van der Waals surface area (Å²) in [6, 6.07) is 7.77. The van der Waals surface area contributed by atoms with Crippen molar-refractivity contribution in [3.8, 4) is 0 Å². The summed E-state index contributed by atoms with van der Waals surface area (Å²) >= 11 is 1.29.